The van der Waals surface area contributed by atoms with Gasteiger partial charge in [-0.15, -0.1) is 0 Å². The van der Waals surface area contributed by atoms with Gasteiger partial charge >= 0.3 is 5.97 Å². The largest absolute Gasteiger partial charge is 0.496 e. The molecule has 4 aromatic rings. The number of hydrogen-bond acceptors (Lipinski definition) is 7. The van der Waals surface area contributed by atoms with Crippen molar-refractivity contribution in [1.29, 1.82) is 0 Å². The molecular formula is C20H15FN2O5. The van der Waals surface area contributed by atoms with Crippen LogP contribution in [0.1, 0.15) is 22.0 Å². The summed E-state index contributed by atoms with van der Waals surface area (Å²) in [7, 11) is 1.54. The Labute approximate surface area is 158 Å². The molecule has 2 heterocycles. The van der Waals surface area contributed by atoms with Gasteiger partial charge in [-0.3, -0.25) is 0 Å². The molecule has 28 heavy (non-hydrogen) atoms. The fourth-order valence-corrected chi connectivity index (χ4v) is 2.83. The van der Waals surface area contributed by atoms with Gasteiger partial charge < -0.3 is 18.4 Å². The maximum absolute atomic E-state index is 13.4. The van der Waals surface area contributed by atoms with E-state index in [1.807, 2.05) is 12.1 Å². The van der Waals surface area contributed by atoms with Crippen molar-refractivity contribution in [2.75, 3.05) is 7.11 Å². The van der Waals surface area contributed by atoms with E-state index in [9.17, 15) is 9.18 Å². The minimum absolute atomic E-state index is 0.00469. The van der Waals surface area contributed by atoms with Gasteiger partial charge in [0.1, 0.15) is 17.1 Å². The molecule has 0 fully saturated rings. The number of ether oxygens (including phenoxy) is 2. The van der Waals surface area contributed by atoms with Gasteiger partial charge in [-0.05, 0) is 37.3 Å². The molecular weight excluding hydrogens is 367 g/mol. The normalized spacial score (nSPS) is 11.0. The number of hydrogen-bond donors (Lipinski definition) is 0. The van der Waals surface area contributed by atoms with Gasteiger partial charge in [-0.2, -0.15) is 4.98 Å². The van der Waals surface area contributed by atoms with Crippen LogP contribution < -0.4 is 4.74 Å². The summed E-state index contributed by atoms with van der Waals surface area (Å²) in [4.78, 5) is 16.6. The molecule has 2 aromatic carbocycles. The molecule has 0 saturated heterocycles. The summed E-state index contributed by atoms with van der Waals surface area (Å²) in [6.07, 6.45) is 0. The van der Waals surface area contributed by atoms with Crippen molar-refractivity contribution in [2.24, 2.45) is 0 Å². The third-order valence-corrected chi connectivity index (χ3v) is 4.23. The average molecular weight is 382 g/mol. The minimum Gasteiger partial charge on any atom is -0.496 e. The number of carbonyl (C=O) groups is 1. The fourth-order valence-electron chi connectivity index (χ4n) is 2.83. The van der Waals surface area contributed by atoms with E-state index in [2.05, 4.69) is 10.1 Å². The molecule has 0 unspecified atom stereocenters. The maximum Gasteiger partial charge on any atom is 0.375 e. The van der Waals surface area contributed by atoms with E-state index in [1.54, 1.807) is 26.2 Å². The van der Waals surface area contributed by atoms with Crippen LogP contribution in [0.25, 0.3) is 22.4 Å². The second kappa shape index (κ2) is 7.15. The molecule has 0 atom stereocenters. The number of methoxy groups -OCH3 is 1. The number of aromatic nitrogens is 2. The highest BCUT2D eigenvalue weighted by molar-refractivity contribution is 5.95. The summed E-state index contributed by atoms with van der Waals surface area (Å²) < 4.78 is 34.5. The molecule has 0 bridgehead atoms. The van der Waals surface area contributed by atoms with Crippen LogP contribution in [-0.4, -0.2) is 23.2 Å². The lowest BCUT2D eigenvalue weighted by molar-refractivity contribution is 0.0395. The molecule has 0 spiro atoms. The lowest BCUT2D eigenvalue weighted by Crippen LogP contribution is -2.05. The van der Waals surface area contributed by atoms with Crippen molar-refractivity contribution in [3.8, 4) is 17.1 Å². The Kier molecular flexibility index (Phi) is 4.52. The first-order valence-electron chi connectivity index (χ1n) is 8.38. The number of fused-ring (bicyclic) bond motifs is 1. The van der Waals surface area contributed by atoms with Gasteiger partial charge in [0.2, 0.25) is 11.6 Å². The zero-order chi connectivity index (χ0) is 19.7. The molecule has 8 heteroatoms. The zero-order valence-electron chi connectivity index (χ0n) is 15.1. The van der Waals surface area contributed by atoms with E-state index in [1.165, 1.54) is 18.2 Å². The number of halogens is 1. The number of furan rings is 1. The molecule has 4 rings (SSSR count). The van der Waals surface area contributed by atoms with E-state index in [-0.39, 0.29) is 18.3 Å². The molecule has 0 radical (unpaired) electrons. The van der Waals surface area contributed by atoms with E-state index in [4.69, 9.17) is 18.4 Å². The second-order valence-corrected chi connectivity index (χ2v) is 5.98. The van der Waals surface area contributed by atoms with E-state index < -0.39 is 11.8 Å². The molecule has 0 aliphatic carbocycles. The number of carbonyl (C=O) groups excluding carboxylic acids is 1. The molecule has 0 aliphatic heterocycles. The molecule has 0 N–H and O–H groups in total. The molecule has 0 aliphatic rings. The number of rotatable bonds is 5. The molecule has 142 valence electrons. The first-order chi connectivity index (χ1) is 13.6. The fraction of sp³-hybridized carbons (Fsp3) is 0.150. The first kappa shape index (κ1) is 17.7. The van der Waals surface area contributed by atoms with Crippen LogP contribution in [0.15, 0.2) is 51.4 Å². The second-order valence-electron chi connectivity index (χ2n) is 5.98. The average Bonchev–Trinajstić information content (AvgIpc) is 3.31. The number of benzene rings is 2. The van der Waals surface area contributed by atoms with Gasteiger partial charge in [0.25, 0.3) is 5.89 Å². The highest BCUT2D eigenvalue weighted by Crippen LogP contribution is 2.28. The van der Waals surface area contributed by atoms with Crippen molar-refractivity contribution in [3.63, 3.8) is 0 Å². The molecule has 0 amide bonds. The van der Waals surface area contributed by atoms with Crippen molar-refractivity contribution < 1.29 is 27.6 Å². The zero-order valence-corrected chi connectivity index (χ0v) is 15.1. The van der Waals surface area contributed by atoms with Gasteiger partial charge in [0, 0.05) is 10.9 Å². The first-order valence-corrected chi connectivity index (χ1v) is 8.38. The quantitative estimate of drug-likeness (QED) is 0.476. The number of esters is 1. The van der Waals surface area contributed by atoms with Crippen LogP contribution >= 0.6 is 0 Å². The predicted octanol–water partition coefficient (Wildman–Crippen LogP) is 4.30. The number of para-hydroxylation sites is 1. The Hall–Kier alpha value is -3.68. The summed E-state index contributed by atoms with van der Waals surface area (Å²) in [6.45, 7) is 1.43. The van der Waals surface area contributed by atoms with Crippen LogP contribution in [0.2, 0.25) is 0 Å². The van der Waals surface area contributed by atoms with Gasteiger partial charge in [-0.1, -0.05) is 17.3 Å². The summed E-state index contributed by atoms with van der Waals surface area (Å²) in [6, 6.07) is 11.2. The molecule has 2 aromatic heterocycles. The lowest BCUT2D eigenvalue weighted by Gasteiger charge is -2.03. The molecule has 7 nitrogen and oxygen atoms in total. The minimum atomic E-state index is -0.703. The Morgan fingerprint density at radius 3 is 2.86 bits per heavy atom. The Morgan fingerprint density at radius 2 is 2.04 bits per heavy atom. The maximum atomic E-state index is 13.4. The summed E-state index contributed by atoms with van der Waals surface area (Å²) >= 11 is 0. The van der Waals surface area contributed by atoms with Crippen LogP contribution in [0.5, 0.6) is 5.75 Å². The highest BCUT2D eigenvalue weighted by Gasteiger charge is 2.21. The van der Waals surface area contributed by atoms with Gasteiger partial charge in [0.15, 0.2) is 6.61 Å². The van der Waals surface area contributed by atoms with Crippen molar-refractivity contribution in [3.05, 3.63) is 65.5 Å². The topological polar surface area (TPSA) is 87.6 Å². The Bertz CT molecular complexity index is 1160. The van der Waals surface area contributed by atoms with Crippen LogP contribution in [0, 0.1) is 12.7 Å². The van der Waals surface area contributed by atoms with Crippen molar-refractivity contribution in [1.82, 2.24) is 10.1 Å². The van der Waals surface area contributed by atoms with E-state index >= 15 is 0 Å². The third kappa shape index (κ3) is 3.20. The Balaban J connectivity index is 1.50. The number of aryl methyl sites for hydroxylation is 1. The van der Waals surface area contributed by atoms with Crippen LogP contribution in [-0.2, 0) is 11.3 Å². The van der Waals surface area contributed by atoms with Crippen LogP contribution in [0.3, 0.4) is 0 Å². The monoisotopic (exact) mass is 382 g/mol. The van der Waals surface area contributed by atoms with Gasteiger partial charge in [0.05, 0.1) is 12.7 Å². The smallest absolute Gasteiger partial charge is 0.375 e. The van der Waals surface area contributed by atoms with E-state index in [0.29, 0.717) is 33.7 Å². The Morgan fingerprint density at radius 1 is 1.21 bits per heavy atom. The third-order valence-electron chi connectivity index (χ3n) is 4.23. The summed E-state index contributed by atoms with van der Waals surface area (Å²) in [5, 5.41) is 4.40. The predicted molar refractivity (Wildman–Crippen MR) is 96.3 cm³/mol. The SMILES string of the molecule is COc1ccccc1-c1noc(COC(=O)c2oc3ccc(F)cc3c2C)n1. The molecule has 0 saturated carbocycles. The lowest BCUT2D eigenvalue weighted by atomic mass is 10.1. The standard InChI is InChI=1S/C20H15FN2O5/c1-11-14-9-12(21)7-8-16(14)27-18(11)20(24)26-10-17-22-19(23-28-17)13-5-3-4-6-15(13)25-2/h3-9H,10H2,1-2H3. The van der Waals surface area contributed by atoms with Crippen LogP contribution in [0.4, 0.5) is 4.39 Å². The number of nitrogens with zero attached hydrogens (tertiary/aromatic N) is 2. The summed E-state index contributed by atoms with van der Waals surface area (Å²) in [5.74, 6) is -0.0767. The highest BCUT2D eigenvalue weighted by atomic mass is 19.1. The van der Waals surface area contributed by atoms with Crippen molar-refractivity contribution in [2.45, 2.75) is 13.5 Å². The van der Waals surface area contributed by atoms with Crippen molar-refractivity contribution >= 4 is 16.9 Å². The van der Waals surface area contributed by atoms with E-state index in [0.717, 1.165) is 0 Å². The summed E-state index contributed by atoms with van der Waals surface area (Å²) in [5.41, 5.74) is 1.56. The van der Waals surface area contributed by atoms with Gasteiger partial charge in [-0.25, -0.2) is 9.18 Å².